The standard InChI is InChI=1S/C30H42O5/c1-15-12-18(17(3)27(34)20(15)14-31)16(2)21-6-7-22-19-13-26-30(35-26)25(33)9-8-24(32)29(30,5)23(19)10-11-28(21,22)4/h8-9,16-19,21-23,25-26,31,33H,6-7,10-14H2,1-5H3/t16-,17-,18-,19+,21-,22+,23+,25+,26-,28-,29+,30-/m1/s1. The van der Waals surface area contributed by atoms with E-state index in [-0.39, 0.29) is 41.5 Å². The Morgan fingerprint density at radius 3 is 2.63 bits per heavy atom. The number of fused-ring (bicyclic) bond motifs is 4. The highest BCUT2D eigenvalue weighted by Crippen LogP contribution is 2.73. The van der Waals surface area contributed by atoms with E-state index in [1.165, 1.54) is 12.8 Å². The normalized spacial score (nSPS) is 53.6. The molecule has 1 saturated heterocycles. The van der Waals surface area contributed by atoms with E-state index in [0.29, 0.717) is 35.2 Å². The number of hydrogen-bond acceptors (Lipinski definition) is 5. The topological polar surface area (TPSA) is 87.1 Å². The number of ketones is 2. The number of ether oxygens (including phenoxy) is 1. The average Bonchev–Trinajstić information content (AvgIpc) is 3.46. The summed E-state index contributed by atoms with van der Waals surface area (Å²) < 4.78 is 6.27. The molecule has 0 aromatic rings. The van der Waals surface area contributed by atoms with Crippen LogP contribution in [0.2, 0.25) is 0 Å². The van der Waals surface area contributed by atoms with Gasteiger partial charge in [0.15, 0.2) is 11.6 Å². The van der Waals surface area contributed by atoms with Crippen LogP contribution in [-0.2, 0) is 14.3 Å². The van der Waals surface area contributed by atoms with Gasteiger partial charge in [-0.15, -0.1) is 0 Å². The van der Waals surface area contributed by atoms with Crippen LogP contribution in [0.3, 0.4) is 0 Å². The molecule has 192 valence electrons. The van der Waals surface area contributed by atoms with Gasteiger partial charge >= 0.3 is 0 Å². The van der Waals surface area contributed by atoms with E-state index in [4.69, 9.17) is 4.74 Å². The van der Waals surface area contributed by atoms with Crippen molar-refractivity contribution in [3.8, 4) is 0 Å². The number of epoxide rings is 1. The maximum atomic E-state index is 13.4. The largest absolute Gasteiger partial charge is 0.392 e. The second-order valence-corrected chi connectivity index (χ2v) is 13.4. The van der Waals surface area contributed by atoms with Gasteiger partial charge in [-0.25, -0.2) is 0 Å². The molecule has 0 bridgehead atoms. The fourth-order valence-corrected chi connectivity index (χ4v) is 10.6. The van der Waals surface area contributed by atoms with Gasteiger partial charge in [0.05, 0.1) is 18.1 Å². The third kappa shape index (κ3) is 2.81. The fourth-order valence-electron chi connectivity index (χ4n) is 10.6. The van der Waals surface area contributed by atoms with Gasteiger partial charge in [-0.2, -0.15) is 0 Å². The van der Waals surface area contributed by atoms with E-state index in [2.05, 4.69) is 27.7 Å². The lowest BCUT2D eigenvalue weighted by atomic mass is 9.44. The highest BCUT2D eigenvalue weighted by molar-refractivity contribution is 5.99. The van der Waals surface area contributed by atoms with E-state index in [0.717, 1.165) is 31.3 Å². The Kier molecular flexibility index (Phi) is 5.23. The Morgan fingerprint density at radius 2 is 1.91 bits per heavy atom. The highest BCUT2D eigenvalue weighted by atomic mass is 16.6. The predicted molar refractivity (Wildman–Crippen MR) is 132 cm³/mol. The van der Waals surface area contributed by atoms with Crippen LogP contribution in [0.15, 0.2) is 23.3 Å². The van der Waals surface area contributed by atoms with Crippen molar-refractivity contribution >= 4 is 11.6 Å². The van der Waals surface area contributed by atoms with Crippen molar-refractivity contribution in [3.63, 3.8) is 0 Å². The van der Waals surface area contributed by atoms with Crippen LogP contribution in [-0.4, -0.2) is 46.2 Å². The van der Waals surface area contributed by atoms with Crippen molar-refractivity contribution in [3.05, 3.63) is 23.3 Å². The summed E-state index contributed by atoms with van der Waals surface area (Å²) in [5.41, 5.74) is 0.572. The molecule has 35 heavy (non-hydrogen) atoms. The molecule has 1 spiro atoms. The van der Waals surface area contributed by atoms with Crippen LogP contribution in [0.25, 0.3) is 0 Å². The van der Waals surface area contributed by atoms with E-state index in [9.17, 15) is 19.8 Å². The lowest BCUT2D eigenvalue weighted by molar-refractivity contribution is -0.151. The molecule has 0 amide bonds. The quantitative estimate of drug-likeness (QED) is 0.587. The average molecular weight is 483 g/mol. The molecule has 5 aliphatic carbocycles. The van der Waals surface area contributed by atoms with E-state index < -0.39 is 17.1 Å². The lowest BCUT2D eigenvalue weighted by Gasteiger charge is -2.58. The zero-order valence-corrected chi connectivity index (χ0v) is 21.9. The van der Waals surface area contributed by atoms with Gasteiger partial charge in [-0.05, 0) is 105 Å². The summed E-state index contributed by atoms with van der Waals surface area (Å²) in [7, 11) is 0. The number of rotatable bonds is 3. The molecule has 1 heterocycles. The van der Waals surface area contributed by atoms with Crippen LogP contribution in [0.1, 0.15) is 73.1 Å². The number of Topliss-reactive ketones (excluding diaryl/α,β-unsaturated/α-hetero) is 1. The van der Waals surface area contributed by atoms with Crippen molar-refractivity contribution in [1.82, 2.24) is 0 Å². The van der Waals surface area contributed by atoms with Gasteiger partial charge in [0.1, 0.15) is 11.7 Å². The summed E-state index contributed by atoms with van der Waals surface area (Å²) in [4.78, 5) is 26.4. The predicted octanol–water partition coefficient (Wildman–Crippen LogP) is 4.26. The van der Waals surface area contributed by atoms with E-state index in [1.807, 2.05) is 6.92 Å². The first-order valence-corrected chi connectivity index (χ1v) is 13.9. The summed E-state index contributed by atoms with van der Waals surface area (Å²) in [6.45, 7) is 10.9. The van der Waals surface area contributed by atoms with Crippen molar-refractivity contribution in [2.45, 2.75) is 91.0 Å². The Balaban J connectivity index is 1.28. The maximum absolute atomic E-state index is 13.4. The van der Waals surface area contributed by atoms with Crippen molar-refractivity contribution < 1.29 is 24.5 Å². The second-order valence-electron chi connectivity index (χ2n) is 13.4. The number of aliphatic hydroxyl groups is 2. The Bertz CT molecular complexity index is 1030. The molecule has 4 fully saturated rings. The number of hydrogen-bond donors (Lipinski definition) is 2. The number of carbonyl (C=O) groups is 2. The van der Waals surface area contributed by atoms with Crippen molar-refractivity contribution in [2.75, 3.05) is 6.61 Å². The van der Waals surface area contributed by atoms with Gasteiger partial charge in [0.2, 0.25) is 0 Å². The molecular formula is C30H42O5. The second kappa shape index (κ2) is 7.61. The molecule has 2 N–H and O–H groups in total. The SMILES string of the molecule is CC1=C(CO)C(=O)[C@H](C)[C@@H]([C@@H](C)[C@H]2CC[C@H]3[C@@H]4C[C@H]5O[C@]56[C@@H](O)C=CC(=O)[C@]6(C)[C@H]4CC[C@]23C)C1. The molecule has 0 aromatic heterocycles. The Morgan fingerprint density at radius 1 is 1.17 bits per heavy atom. The van der Waals surface area contributed by atoms with Crippen LogP contribution in [0.4, 0.5) is 0 Å². The summed E-state index contributed by atoms with van der Waals surface area (Å²) in [5, 5.41) is 20.6. The fraction of sp³-hybridized carbons (Fsp3) is 0.800. The third-order valence-corrected chi connectivity index (χ3v) is 12.6. The summed E-state index contributed by atoms with van der Waals surface area (Å²) >= 11 is 0. The summed E-state index contributed by atoms with van der Waals surface area (Å²) in [6.07, 6.45) is 8.89. The van der Waals surface area contributed by atoms with Gasteiger partial charge in [0, 0.05) is 11.5 Å². The minimum absolute atomic E-state index is 0.0165. The molecule has 6 aliphatic rings. The number of allylic oxidation sites excluding steroid dienone is 2. The molecule has 3 saturated carbocycles. The van der Waals surface area contributed by atoms with Gasteiger partial charge in [0.25, 0.3) is 0 Å². The highest BCUT2D eigenvalue weighted by Gasteiger charge is 2.80. The molecule has 0 radical (unpaired) electrons. The Labute approximate surface area is 209 Å². The molecule has 12 atom stereocenters. The van der Waals surface area contributed by atoms with E-state index in [1.54, 1.807) is 12.2 Å². The number of carbonyl (C=O) groups excluding carboxylic acids is 2. The zero-order valence-electron chi connectivity index (χ0n) is 21.9. The summed E-state index contributed by atoms with van der Waals surface area (Å²) in [6, 6.07) is 0. The zero-order chi connectivity index (χ0) is 25.1. The molecule has 1 aliphatic heterocycles. The van der Waals surface area contributed by atoms with Crippen LogP contribution in [0.5, 0.6) is 0 Å². The van der Waals surface area contributed by atoms with Crippen LogP contribution < -0.4 is 0 Å². The minimum atomic E-state index is -0.703. The third-order valence-electron chi connectivity index (χ3n) is 12.6. The first kappa shape index (κ1) is 24.1. The van der Waals surface area contributed by atoms with Crippen molar-refractivity contribution in [2.24, 2.45) is 52.3 Å². The minimum Gasteiger partial charge on any atom is -0.392 e. The van der Waals surface area contributed by atoms with Crippen molar-refractivity contribution in [1.29, 1.82) is 0 Å². The maximum Gasteiger partial charge on any atom is 0.164 e. The Hall–Kier alpha value is -1.30. The molecular weight excluding hydrogens is 440 g/mol. The molecule has 6 rings (SSSR count). The molecule has 0 unspecified atom stereocenters. The lowest BCUT2D eigenvalue weighted by Crippen LogP contribution is -2.63. The first-order valence-electron chi connectivity index (χ1n) is 13.9. The van der Waals surface area contributed by atoms with Crippen LogP contribution >= 0.6 is 0 Å². The smallest absolute Gasteiger partial charge is 0.164 e. The van der Waals surface area contributed by atoms with Crippen LogP contribution in [0, 0.1) is 52.3 Å². The first-order chi connectivity index (χ1) is 16.5. The van der Waals surface area contributed by atoms with Gasteiger partial charge < -0.3 is 14.9 Å². The van der Waals surface area contributed by atoms with Gasteiger partial charge in [-0.1, -0.05) is 26.3 Å². The van der Waals surface area contributed by atoms with E-state index >= 15 is 0 Å². The summed E-state index contributed by atoms with van der Waals surface area (Å²) in [5.74, 6) is 2.82. The van der Waals surface area contributed by atoms with Gasteiger partial charge in [-0.3, -0.25) is 9.59 Å². The molecule has 5 heteroatoms. The number of aliphatic hydroxyl groups excluding tert-OH is 2. The monoisotopic (exact) mass is 482 g/mol. The molecule has 5 nitrogen and oxygen atoms in total. The molecule has 0 aromatic carbocycles.